The fourth-order valence-corrected chi connectivity index (χ4v) is 5.39. The predicted molar refractivity (Wildman–Crippen MR) is 106 cm³/mol. The fourth-order valence-electron chi connectivity index (χ4n) is 3.32. The van der Waals surface area contributed by atoms with Crippen molar-refractivity contribution in [3.05, 3.63) is 45.7 Å². The molecule has 3 rings (SSSR count). The van der Waals surface area contributed by atoms with E-state index in [0.717, 1.165) is 12.1 Å². The molecule has 0 saturated carbocycles. The number of aryl methyl sites for hydroxylation is 1. The average Bonchev–Trinajstić information content (AvgIpc) is 2.88. The quantitative estimate of drug-likeness (QED) is 0.574. The summed E-state index contributed by atoms with van der Waals surface area (Å²) in [6.07, 6.45) is 1.77. The third-order valence-corrected chi connectivity index (χ3v) is 7.12. The number of rotatable bonds is 3. The van der Waals surface area contributed by atoms with Crippen molar-refractivity contribution in [2.75, 3.05) is 5.32 Å². The molecule has 7 nitrogen and oxygen atoms in total. The number of sulfonamides is 1. The summed E-state index contributed by atoms with van der Waals surface area (Å²) in [7, 11) is -2.48. The number of nitrogens with one attached hydrogen (secondary N) is 2. The van der Waals surface area contributed by atoms with E-state index in [1.54, 1.807) is 0 Å². The van der Waals surface area contributed by atoms with Crippen molar-refractivity contribution in [1.29, 1.82) is 0 Å². The van der Waals surface area contributed by atoms with Crippen LogP contribution in [0.5, 0.6) is 0 Å². The Hall–Kier alpha value is -1.82. The molecule has 0 spiro atoms. The van der Waals surface area contributed by atoms with Crippen LogP contribution in [0.15, 0.2) is 27.7 Å². The number of nitrogens with zero attached hydrogens (tertiary/aromatic N) is 1. The monoisotopic (exact) mass is 491 g/mol. The summed E-state index contributed by atoms with van der Waals surface area (Å²) < 4.78 is 56.6. The van der Waals surface area contributed by atoms with Gasteiger partial charge in [0.25, 0.3) is 5.91 Å². The third-order valence-electron chi connectivity index (χ3n) is 4.87. The molecule has 0 fully saturated rings. The van der Waals surface area contributed by atoms with Gasteiger partial charge in [-0.15, -0.1) is 0 Å². The number of halogens is 3. The maximum Gasteiger partial charge on any atom is 0.272 e. The summed E-state index contributed by atoms with van der Waals surface area (Å²) in [5, 5.41) is 12.6. The number of benzene rings is 1. The highest BCUT2D eigenvalue weighted by Gasteiger charge is 2.38. The molecule has 1 aromatic heterocycles. The zero-order chi connectivity index (χ0) is 21.7. The summed E-state index contributed by atoms with van der Waals surface area (Å²) in [6.45, 7) is 3.00. The van der Waals surface area contributed by atoms with Crippen LogP contribution in [0.2, 0.25) is 0 Å². The van der Waals surface area contributed by atoms with Gasteiger partial charge in [-0.1, -0.05) is 0 Å². The molecular formula is C18H20BrF2N3O4S. The molecule has 29 heavy (non-hydrogen) atoms. The van der Waals surface area contributed by atoms with Gasteiger partial charge < -0.3 is 15.0 Å². The fraction of sp³-hybridized carbons (Fsp3) is 0.389. The molecule has 158 valence electrons. The van der Waals surface area contributed by atoms with E-state index in [1.807, 2.05) is 0 Å². The Balaban J connectivity index is 2.01. The van der Waals surface area contributed by atoms with E-state index in [0.29, 0.717) is 0 Å². The van der Waals surface area contributed by atoms with E-state index in [1.165, 1.54) is 31.7 Å². The molecule has 2 aromatic rings. The zero-order valence-corrected chi connectivity index (χ0v) is 18.3. The smallest absolute Gasteiger partial charge is 0.272 e. The summed E-state index contributed by atoms with van der Waals surface area (Å²) in [4.78, 5) is 12.8. The SMILES string of the molecule is Cn1cc2c(c1C(=O)Nc1ccc(F)c(Br)c1F)CC[C@H](C(C)(C)O)NS2(=O)=O. The first kappa shape index (κ1) is 21.9. The molecule has 1 atom stereocenters. The van der Waals surface area contributed by atoms with Gasteiger partial charge in [0.2, 0.25) is 10.0 Å². The largest absolute Gasteiger partial charge is 0.389 e. The van der Waals surface area contributed by atoms with Crippen molar-refractivity contribution >= 4 is 37.5 Å². The molecule has 1 aromatic carbocycles. The molecule has 1 aliphatic heterocycles. The molecule has 1 aliphatic rings. The summed E-state index contributed by atoms with van der Waals surface area (Å²) >= 11 is 2.78. The predicted octanol–water partition coefficient (Wildman–Crippen LogP) is 2.68. The van der Waals surface area contributed by atoms with Crippen LogP contribution in [-0.4, -0.2) is 35.6 Å². The second-order valence-corrected chi connectivity index (χ2v) is 9.95. The van der Waals surface area contributed by atoms with Gasteiger partial charge in [-0.2, -0.15) is 0 Å². The molecule has 3 N–H and O–H groups in total. The Bertz CT molecular complexity index is 1090. The van der Waals surface area contributed by atoms with Crippen LogP contribution < -0.4 is 10.0 Å². The molecule has 0 aliphatic carbocycles. The van der Waals surface area contributed by atoms with Crippen molar-refractivity contribution < 1.29 is 27.1 Å². The lowest BCUT2D eigenvalue weighted by atomic mass is 9.93. The molecule has 0 bridgehead atoms. The molecule has 11 heteroatoms. The Morgan fingerprint density at radius 2 is 2.03 bits per heavy atom. The van der Waals surface area contributed by atoms with Crippen LogP contribution in [0.1, 0.15) is 36.3 Å². The first-order valence-corrected chi connectivity index (χ1v) is 11.0. The standard InChI is InChI=1S/C18H20BrF2N3O4S/c1-18(2,26)13-7-4-9-12(29(27,28)23-13)8-24(3)16(9)17(25)22-11-6-5-10(20)14(19)15(11)21/h5-6,8,13,23,26H,4,7H2,1-3H3,(H,22,25)/t13-/m1/s1. The second kappa shape index (κ2) is 7.46. The van der Waals surface area contributed by atoms with Gasteiger partial charge >= 0.3 is 0 Å². The van der Waals surface area contributed by atoms with E-state index in [4.69, 9.17) is 0 Å². The van der Waals surface area contributed by atoms with Gasteiger partial charge in [-0.3, -0.25) is 4.79 Å². The second-order valence-electron chi connectivity index (χ2n) is 7.47. The van der Waals surface area contributed by atoms with Crippen LogP contribution >= 0.6 is 15.9 Å². The van der Waals surface area contributed by atoms with Gasteiger partial charge in [-0.05, 0) is 54.8 Å². The number of aromatic nitrogens is 1. The molecule has 0 unspecified atom stereocenters. The van der Waals surface area contributed by atoms with Gasteiger partial charge in [0.15, 0.2) is 5.82 Å². The van der Waals surface area contributed by atoms with Crippen molar-refractivity contribution in [2.45, 2.75) is 43.2 Å². The first-order chi connectivity index (χ1) is 13.3. The summed E-state index contributed by atoms with van der Waals surface area (Å²) in [5.41, 5.74) is -1.24. The van der Waals surface area contributed by atoms with Crippen molar-refractivity contribution in [2.24, 2.45) is 7.05 Å². The number of anilines is 1. The van der Waals surface area contributed by atoms with E-state index >= 15 is 0 Å². The van der Waals surface area contributed by atoms with Gasteiger partial charge in [0.1, 0.15) is 16.4 Å². The molecule has 0 radical (unpaired) electrons. The Kier molecular flexibility index (Phi) is 5.63. The van der Waals surface area contributed by atoms with Crippen LogP contribution in [0.4, 0.5) is 14.5 Å². The Labute approximate surface area is 175 Å². The highest BCUT2D eigenvalue weighted by Crippen LogP contribution is 2.31. The molecule has 1 amide bonds. The summed E-state index contributed by atoms with van der Waals surface area (Å²) in [6, 6.07) is 1.33. The van der Waals surface area contributed by atoms with E-state index in [-0.39, 0.29) is 34.7 Å². The molecule has 2 heterocycles. The number of hydrogen-bond donors (Lipinski definition) is 3. The third kappa shape index (κ3) is 4.09. The van der Waals surface area contributed by atoms with Crippen molar-refractivity contribution in [3.63, 3.8) is 0 Å². The van der Waals surface area contributed by atoms with Gasteiger partial charge in [-0.25, -0.2) is 21.9 Å². The highest BCUT2D eigenvalue weighted by molar-refractivity contribution is 9.10. The maximum absolute atomic E-state index is 14.2. The van der Waals surface area contributed by atoms with Gasteiger partial charge in [0.05, 0.1) is 21.8 Å². The number of hydrogen-bond acceptors (Lipinski definition) is 4. The van der Waals surface area contributed by atoms with Crippen LogP contribution in [0, 0.1) is 11.6 Å². The van der Waals surface area contributed by atoms with E-state index in [2.05, 4.69) is 26.0 Å². The Morgan fingerprint density at radius 3 is 2.66 bits per heavy atom. The minimum atomic E-state index is -3.98. The van der Waals surface area contributed by atoms with E-state index < -0.39 is 43.7 Å². The number of fused-ring (bicyclic) bond motifs is 1. The zero-order valence-electron chi connectivity index (χ0n) is 15.9. The average molecular weight is 492 g/mol. The molecular weight excluding hydrogens is 472 g/mol. The van der Waals surface area contributed by atoms with Crippen LogP contribution in [0.3, 0.4) is 0 Å². The number of carbonyl (C=O) groups is 1. The topological polar surface area (TPSA) is 100 Å². The minimum Gasteiger partial charge on any atom is -0.389 e. The van der Waals surface area contributed by atoms with Crippen molar-refractivity contribution in [3.8, 4) is 0 Å². The normalized spacial score (nSPS) is 18.8. The van der Waals surface area contributed by atoms with E-state index in [9.17, 15) is 27.1 Å². The van der Waals surface area contributed by atoms with Crippen LogP contribution in [-0.2, 0) is 23.5 Å². The first-order valence-electron chi connectivity index (χ1n) is 8.70. The maximum atomic E-state index is 14.2. The van der Waals surface area contributed by atoms with Gasteiger partial charge in [0, 0.05) is 18.8 Å². The number of amides is 1. The lowest BCUT2D eigenvalue weighted by Crippen LogP contribution is -2.48. The number of carbonyl (C=O) groups excluding carboxylic acids is 1. The number of aliphatic hydroxyl groups is 1. The summed E-state index contributed by atoms with van der Waals surface area (Å²) in [5.74, 6) is -2.53. The highest BCUT2D eigenvalue weighted by atomic mass is 79.9. The Morgan fingerprint density at radius 1 is 1.38 bits per heavy atom. The van der Waals surface area contributed by atoms with Crippen molar-refractivity contribution in [1.82, 2.24) is 9.29 Å². The minimum absolute atomic E-state index is 0.0432. The molecule has 0 saturated heterocycles. The van der Waals surface area contributed by atoms with Crippen LogP contribution in [0.25, 0.3) is 0 Å². The lowest BCUT2D eigenvalue weighted by Gasteiger charge is -2.28. The lowest BCUT2D eigenvalue weighted by molar-refractivity contribution is 0.0434.